The molecule has 0 radical (unpaired) electrons. The minimum absolute atomic E-state index is 0.188. The van der Waals surface area contributed by atoms with Crippen molar-refractivity contribution in [3.8, 4) is 0 Å². The number of nitrogens with two attached hydrogens (primary N) is 1. The largest absolute Gasteiger partial charge is 0.377 e. The lowest BCUT2D eigenvalue weighted by Crippen LogP contribution is -2.37. The van der Waals surface area contributed by atoms with Crippen molar-refractivity contribution in [1.82, 2.24) is 15.1 Å². The second-order valence-corrected chi connectivity index (χ2v) is 4.51. The number of hydrogen-bond acceptors (Lipinski definition) is 4. The summed E-state index contributed by atoms with van der Waals surface area (Å²) in [4.78, 5) is 11.5. The Bertz CT molecular complexity index is 399. The number of carbonyl (C=O) groups is 1. The Labute approximate surface area is 106 Å². The molecule has 1 fully saturated rings. The molecule has 0 aliphatic carbocycles. The molecule has 1 aliphatic heterocycles. The molecule has 2 atom stereocenters. The molecule has 0 bridgehead atoms. The average Bonchev–Trinajstić information content (AvgIpc) is 2.99. The van der Waals surface area contributed by atoms with Crippen LogP contribution < -0.4 is 11.1 Å². The lowest BCUT2D eigenvalue weighted by molar-refractivity contribution is -0.120. The Morgan fingerprint density at radius 3 is 3.17 bits per heavy atom. The van der Waals surface area contributed by atoms with Gasteiger partial charge in [0.25, 0.3) is 0 Å². The first-order chi connectivity index (χ1) is 8.70. The van der Waals surface area contributed by atoms with Gasteiger partial charge in [0, 0.05) is 31.5 Å². The summed E-state index contributed by atoms with van der Waals surface area (Å²) >= 11 is 0. The molecule has 2 rings (SSSR count). The van der Waals surface area contributed by atoms with Crippen LogP contribution in [0.25, 0.3) is 0 Å². The predicted octanol–water partition coefficient (Wildman–Crippen LogP) is 0.198. The molecule has 3 N–H and O–H groups in total. The van der Waals surface area contributed by atoms with Crippen LogP contribution in [0.3, 0.4) is 0 Å². The molecule has 0 spiro atoms. The lowest BCUT2D eigenvalue weighted by atomic mass is 10.1. The van der Waals surface area contributed by atoms with Gasteiger partial charge in [0.05, 0.1) is 12.3 Å². The normalized spacial score (nSPS) is 21.1. The fourth-order valence-corrected chi connectivity index (χ4v) is 2.14. The first-order valence-electron chi connectivity index (χ1n) is 6.37. The van der Waals surface area contributed by atoms with Crippen molar-refractivity contribution in [2.24, 2.45) is 5.73 Å². The quantitative estimate of drug-likeness (QED) is 0.757. The summed E-state index contributed by atoms with van der Waals surface area (Å²) in [5, 5.41) is 7.32. The number of ether oxygens (including phenoxy) is 1. The summed E-state index contributed by atoms with van der Waals surface area (Å²) in [6.07, 6.45) is 5.83. The number of carbonyl (C=O) groups excluding carboxylic acids is 1. The van der Waals surface area contributed by atoms with E-state index in [2.05, 4.69) is 10.4 Å². The maximum atomic E-state index is 11.5. The second kappa shape index (κ2) is 5.97. The van der Waals surface area contributed by atoms with Gasteiger partial charge in [-0.25, -0.2) is 0 Å². The third-order valence-corrected chi connectivity index (χ3v) is 3.17. The van der Waals surface area contributed by atoms with Crippen LogP contribution in [-0.2, 0) is 16.1 Å². The van der Waals surface area contributed by atoms with Gasteiger partial charge < -0.3 is 10.5 Å². The number of nitrogens with zero attached hydrogens (tertiary/aromatic N) is 2. The number of amides is 1. The van der Waals surface area contributed by atoms with Crippen molar-refractivity contribution >= 4 is 5.91 Å². The van der Waals surface area contributed by atoms with Crippen LogP contribution >= 0.6 is 0 Å². The molecule has 100 valence electrons. The maximum Gasteiger partial charge on any atom is 0.239 e. The number of aromatic nitrogens is 2. The first kappa shape index (κ1) is 13.0. The van der Waals surface area contributed by atoms with Crippen molar-refractivity contribution in [1.29, 1.82) is 0 Å². The van der Waals surface area contributed by atoms with E-state index in [1.807, 2.05) is 13.1 Å². The van der Waals surface area contributed by atoms with Crippen molar-refractivity contribution in [2.45, 2.75) is 38.5 Å². The highest BCUT2D eigenvalue weighted by Crippen LogP contribution is 2.15. The summed E-state index contributed by atoms with van der Waals surface area (Å²) in [5.74, 6) is -0.386. The van der Waals surface area contributed by atoms with E-state index < -0.39 is 6.04 Å². The predicted molar refractivity (Wildman–Crippen MR) is 66.8 cm³/mol. The number of hydrogen-bond donors (Lipinski definition) is 2. The summed E-state index contributed by atoms with van der Waals surface area (Å²) in [7, 11) is 0. The van der Waals surface area contributed by atoms with E-state index in [4.69, 9.17) is 10.5 Å². The minimum atomic E-state index is -0.491. The monoisotopic (exact) mass is 252 g/mol. The van der Waals surface area contributed by atoms with Crippen LogP contribution in [-0.4, -0.2) is 34.9 Å². The van der Waals surface area contributed by atoms with Crippen molar-refractivity contribution in [3.05, 3.63) is 18.0 Å². The number of nitrogens with one attached hydrogen (secondary N) is 1. The Hall–Kier alpha value is -1.40. The van der Waals surface area contributed by atoms with Crippen LogP contribution in [0.1, 0.15) is 31.4 Å². The molecular formula is C12H20N4O2. The maximum absolute atomic E-state index is 11.5. The number of primary amides is 1. The summed E-state index contributed by atoms with van der Waals surface area (Å²) < 4.78 is 7.29. The smallest absolute Gasteiger partial charge is 0.239 e. The van der Waals surface area contributed by atoms with Gasteiger partial charge in [-0.15, -0.1) is 0 Å². The summed E-state index contributed by atoms with van der Waals surface area (Å²) in [6, 6.07) is -0.491. The van der Waals surface area contributed by atoms with E-state index in [-0.39, 0.29) is 12.0 Å². The molecule has 0 saturated carbocycles. The van der Waals surface area contributed by atoms with Crippen LogP contribution in [0.5, 0.6) is 0 Å². The highest BCUT2D eigenvalue weighted by Gasteiger charge is 2.22. The van der Waals surface area contributed by atoms with Crippen LogP contribution in [0.15, 0.2) is 12.4 Å². The molecular weight excluding hydrogens is 232 g/mol. The fraction of sp³-hybridized carbons (Fsp3) is 0.667. The van der Waals surface area contributed by atoms with E-state index in [1.165, 1.54) is 0 Å². The standard InChI is InChI=1S/C12H20N4O2/c1-2-16-8-9(6-15-16)11(12(13)17)14-7-10-4-3-5-18-10/h6,8,10-11,14H,2-5,7H2,1H3,(H2,13,17). The van der Waals surface area contributed by atoms with Gasteiger partial charge in [-0.2, -0.15) is 5.10 Å². The fourth-order valence-electron chi connectivity index (χ4n) is 2.14. The third-order valence-electron chi connectivity index (χ3n) is 3.17. The van der Waals surface area contributed by atoms with Crippen molar-refractivity contribution in [2.75, 3.05) is 13.2 Å². The van der Waals surface area contributed by atoms with Gasteiger partial charge in [-0.05, 0) is 19.8 Å². The second-order valence-electron chi connectivity index (χ2n) is 4.51. The molecule has 1 saturated heterocycles. The van der Waals surface area contributed by atoms with Crippen molar-refractivity contribution < 1.29 is 9.53 Å². The lowest BCUT2D eigenvalue weighted by Gasteiger charge is -2.16. The molecule has 1 aromatic heterocycles. The number of rotatable bonds is 6. The Morgan fingerprint density at radius 1 is 1.78 bits per heavy atom. The Balaban J connectivity index is 1.96. The van der Waals surface area contributed by atoms with Gasteiger partial charge in [0.1, 0.15) is 6.04 Å². The molecule has 1 amide bonds. The average molecular weight is 252 g/mol. The molecule has 18 heavy (non-hydrogen) atoms. The first-order valence-corrected chi connectivity index (χ1v) is 6.37. The topological polar surface area (TPSA) is 82.2 Å². The minimum Gasteiger partial charge on any atom is -0.377 e. The third kappa shape index (κ3) is 3.08. The molecule has 0 aromatic carbocycles. The van der Waals surface area contributed by atoms with Crippen LogP contribution in [0.2, 0.25) is 0 Å². The molecule has 2 unspecified atom stereocenters. The van der Waals surface area contributed by atoms with E-state index >= 15 is 0 Å². The van der Waals surface area contributed by atoms with Gasteiger partial charge in [0.2, 0.25) is 5.91 Å². The van der Waals surface area contributed by atoms with E-state index in [1.54, 1.807) is 10.9 Å². The molecule has 6 heteroatoms. The Morgan fingerprint density at radius 2 is 2.61 bits per heavy atom. The summed E-state index contributed by atoms with van der Waals surface area (Å²) in [6.45, 7) is 4.22. The van der Waals surface area contributed by atoms with Gasteiger partial charge in [-0.1, -0.05) is 0 Å². The SMILES string of the molecule is CCn1cc(C(NCC2CCCO2)C(N)=O)cn1. The van der Waals surface area contributed by atoms with Crippen LogP contribution in [0, 0.1) is 0 Å². The zero-order valence-corrected chi connectivity index (χ0v) is 10.6. The zero-order chi connectivity index (χ0) is 13.0. The van der Waals surface area contributed by atoms with E-state index in [9.17, 15) is 4.79 Å². The Kier molecular flexibility index (Phi) is 4.33. The molecule has 6 nitrogen and oxygen atoms in total. The molecule has 2 heterocycles. The summed E-state index contributed by atoms with van der Waals surface area (Å²) in [5.41, 5.74) is 6.23. The number of aryl methyl sites for hydroxylation is 1. The van der Waals surface area contributed by atoms with Gasteiger partial charge >= 0.3 is 0 Å². The highest BCUT2D eigenvalue weighted by atomic mass is 16.5. The van der Waals surface area contributed by atoms with Gasteiger partial charge in [0.15, 0.2) is 0 Å². The van der Waals surface area contributed by atoms with E-state index in [0.29, 0.717) is 6.54 Å². The molecule has 1 aromatic rings. The zero-order valence-electron chi connectivity index (χ0n) is 10.6. The van der Waals surface area contributed by atoms with Crippen molar-refractivity contribution in [3.63, 3.8) is 0 Å². The highest BCUT2D eigenvalue weighted by molar-refractivity contribution is 5.81. The van der Waals surface area contributed by atoms with E-state index in [0.717, 1.165) is 31.6 Å². The van der Waals surface area contributed by atoms with Crippen LogP contribution in [0.4, 0.5) is 0 Å². The molecule has 1 aliphatic rings. The van der Waals surface area contributed by atoms with Gasteiger partial charge in [-0.3, -0.25) is 14.8 Å².